The zero-order valence-electron chi connectivity index (χ0n) is 17.3. The summed E-state index contributed by atoms with van der Waals surface area (Å²) in [7, 11) is 0. The summed E-state index contributed by atoms with van der Waals surface area (Å²) in [4.78, 5) is 0. The summed E-state index contributed by atoms with van der Waals surface area (Å²) in [5.74, 6) is 0. The van der Waals surface area contributed by atoms with Gasteiger partial charge in [-0.3, -0.25) is 5.01 Å². The van der Waals surface area contributed by atoms with E-state index in [-0.39, 0.29) is 5.54 Å². The molecular formula is C21H44N4. The third-order valence-corrected chi connectivity index (χ3v) is 5.45. The molecule has 0 aliphatic carbocycles. The highest BCUT2D eigenvalue weighted by molar-refractivity contribution is 5.56. The van der Waals surface area contributed by atoms with E-state index in [2.05, 4.69) is 42.0 Å². The fraction of sp³-hybridized carbons (Fsp3) is 0.952. The molecule has 0 bridgehead atoms. The Bertz CT molecular complexity index is 328. The van der Waals surface area contributed by atoms with Crippen molar-refractivity contribution in [2.45, 2.75) is 129 Å². The molecule has 1 aliphatic rings. The second kappa shape index (κ2) is 14.4. The predicted molar refractivity (Wildman–Crippen MR) is 110 cm³/mol. The van der Waals surface area contributed by atoms with Gasteiger partial charge in [-0.25, -0.2) is 5.53 Å². The number of hydrazone groups is 1. The van der Waals surface area contributed by atoms with Gasteiger partial charge >= 0.3 is 0 Å². The summed E-state index contributed by atoms with van der Waals surface area (Å²) in [6, 6.07) is 0. The number of hydrazine groups is 2. The van der Waals surface area contributed by atoms with Crippen molar-refractivity contribution >= 4 is 6.34 Å². The van der Waals surface area contributed by atoms with E-state index in [1.54, 1.807) is 0 Å². The smallest absolute Gasteiger partial charge is 0.129 e. The average molecular weight is 353 g/mol. The maximum absolute atomic E-state index is 3.99. The minimum atomic E-state index is 0.129. The lowest BCUT2D eigenvalue weighted by Crippen LogP contribution is -2.50. The third-order valence-electron chi connectivity index (χ3n) is 5.45. The van der Waals surface area contributed by atoms with Crippen LogP contribution in [0.5, 0.6) is 0 Å². The molecule has 0 unspecified atom stereocenters. The van der Waals surface area contributed by atoms with Gasteiger partial charge in [-0.1, -0.05) is 103 Å². The van der Waals surface area contributed by atoms with Crippen LogP contribution in [0.1, 0.15) is 124 Å². The maximum atomic E-state index is 3.99. The normalized spacial score (nSPS) is 14.3. The first-order valence-corrected chi connectivity index (χ1v) is 11.0. The summed E-state index contributed by atoms with van der Waals surface area (Å²) < 4.78 is 0. The molecule has 148 valence electrons. The van der Waals surface area contributed by atoms with Crippen LogP contribution in [0.3, 0.4) is 0 Å². The van der Waals surface area contributed by atoms with Crippen molar-refractivity contribution in [3.8, 4) is 0 Å². The Labute approximate surface area is 157 Å². The molecule has 0 atom stereocenters. The number of nitrogens with one attached hydrogen (secondary N) is 2. The van der Waals surface area contributed by atoms with Crippen molar-refractivity contribution in [2.75, 3.05) is 0 Å². The first kappa shape index (κ1) is 22.3. The fourth-order valence-corrected chi connectivity index (χ4v) is 3.56. The van der Waals surface area contributed by atoms with Crippen LogP contribution < -0.4 is 11.1 Å². The second-order valence-electron chi connectivity index (χ2n) is 8.35. The van der Waals surface area contributed by atoms with Crippen LogP contribution in [-0.4, -0.2) is 16.9 Å². The Morgan fingerprint density at radius 2 is 1.16 bits per heavy atom. The third kappa shape index (κ3) is 11.5. The lowest BCUT2D eigenvalue weighted by atomic mass is 9.95. The second-order valence-corrected chi connectivity index (χ2v) is 8.35. The lowest BCUT2D eigenvalue weighted by Gasteiger charge is -2.33. The molecule has 0 aromatic rings. The van der Waals surface area contributed by atoms with Crippen LogP contribution in [0, 0.1) is 0 Å². The van der Waals surface area contributed by atoms with Crippen LogP contribution >= 0.6 is 0 Å². The molecule has 0 radical (unpaired) electrons. The van der Waals surface area contributed by atoms with Gasteiger partial charge in [0.1, 0.15) is 6.34 Å². The van der Waals surface area contributed by atoms with E-state index in [1.807, 2.05) is 6.34 Å². The Morgan fingerprint density at radius 3 is 1.56 bits per heavy atom. The first-order chi connectivity index (χ1) is 12.2. The van der Waals surface area contributed by atoms with Crippen molar-refractivity contribution in [1.82, 2.24) is 16.1 Å². The van der Waals surface area contributed by atoms with Crippen molar-refractivity contribution in [2.24, 2.45) is 5.10 Å². The van der Waals surface area contributed by atoms with Gasteiger partial charge < -0.3 is 0 Å². The SMILES string of the molecule is CCCCCCCCCCCCCCCCCC(C)(C)N1C=NNN1. The average Bonchev–Trinajstić information content (AvgIpc) is 3.14. The van der Waals surface area contributed by atoms with E-state index in [4.69, 9.17) is 0 Å². The Hall–Kier alpha value is -0.770. The molecule has 4 heteroatoms. The van der Waals surface area contributed by atoms with Crippen molar-refractivity contribution in [1.29, 1.82) is 0 Å². The summed E-state index contributed by atoms with van der Waals surface area (Å²) in [5.41, 5.74) is 5.97. The van der Waals surface area contributed by atoms with Gasteiger partial charge in [-0.15, -0.1) is 5.53 Å². The molecule has 1 heterocycles. The molecule has 0 aromatic carbocycles. The molecule has 0 amide bonds. The molecular weight excluding hydrogens is 308 g/mol. The molecule has 0 saturated heterocycles. The van der Waals surface area contributed by atoms with Crippen molar-refractivity contribution in [3.63, 3.8) is 0 Å². The maximum Gasteiger partial charge on any atom is 0.129 e. The standard InChI is InChI=1S/C21H44N4/c1-4-5-6-7-8-9-10-11-12-13-14-15-16-17-18-19-21(2,3)25-20-22-23-24-25/h20,23-24H,4-19H2,1-3H3. The van der Waals surface area contributed by atoms with Crippen LogP contribution in [0.15, 0.2) is 5.10 Å². The molecule has 2 N–H and O–H groups in total. The molecule has 1 aliphatic heterocycles. The highest BCUT2D eigenvalue weighted by Crippen LogP contribution is 2.21. The van der Waals surface area contributed by atoms with E-state index >= 15 is 0 Å². The highest BCUT2D eigenvalue weighted by atomic mass is 15.8. The minimum Gasteiger partial charge on any atom is -0.272 e. The monoisotopic (exact) mass is 352 g/mol. The first-order valence-electron chi connectivity index (χ1n) is 11.0. The van der Waals surface area contributed by atoms with E-state index < -0.39 is 0 Å². The van der Waals surface area contributed by atoms with E-state index in [0.29, 0.717) is 0 Å². The van der Waals surface area contributed by atoms with Gasteiger partial charge in [0.2, 0.25) is 0 Å². The molecule has 4 nitrogen and oxygen atoms in total. The van der Waals surface area contributed by atoms with Crippen LogP contribution in [0.2, 0.25) is 0 Å². The molecule has 0 spiro atoms. The zero-order chi connectivity index (χ0) is 18.2. The van der Waals surface area contributed by atoms with E-state index in [9.17, 15) is 0 Å². The number of unbranched alkanes of at least 4 members (excludes halogenated alkanes) is 14. The summed E-state index contributed by atoms with van der Waals surface area (Å²) in [5, 5.41) is 6.06. The number of rotatable bonds is 17. The van der Waals surface area contributed by atoms with Crippen LogP contribution in [0.25, 0.3) is 0 Å². The molecule has 25 heavy (non-hydrogen) atoms. The molecule has 1 rings (SSSR count). The Balaban J connectivity index is 1.78. The van der Waals surface area contributed by atoms with Crippen molar-refractivity contribution in [3.05, 3.63) is 0 Å². The summed E-state index contributed by atoms with van der Waals surface area (Å²) >= 11 is 0. The molecule has 0 aromatic heterocycles. The Morgan fingerprint density at radius 1 is 0.720 bits per heavy atom. The Kier molecular flexibility index (Phi) is 12.8. The van der Waals surface area contributed by atoms with E-state index in [1.165, 1.54) is 103 Å². The van der Waals surface area contributed by atoms with Crippen LogP contribution in [-0.2, 0) is 0 Å². The van der Waals surface area contributed by atoms with Gasteiger partial charge in [-0.2, -0.15) is 5.10 Å². The van der Waals surface area contributed by atoms with Gasteiger partial charge in [0.25, 0.3) is 0 Å². The summed E-state index contributed by atoms with van der Waals surface area (Å²) in [6.45, 7) is 6.82. The lowest BCUT2D eigenvalue weighted by molar-refractivity contribution is 0.137. The predicted octanol–water partition coefficient (Wildman–Crippen LogP) is 6.29. The summed E-state index contributed by atoms with van der Waals surface area (Å²) in [6.07, 6.45) is 24.4. The zero-order valence-corrected chi connectivity index (χ0v) is 17.3. The van der Waals surface area contributed by atoms with Gasteiger partial charge in [0, 0.05) is 0 Å². The van der Waals surface area contributed by atoms with Gasteiger partial charge in [-0.05, 0) is 20.3 Å². The quantitative estimate of drug-likeness (QED) is 0.302. The molecule has 0 fully saturated rings. The van der Waals surface area contributed by atoms with Gasteiger partial charge in [0.05, 0.1) is 5.54 Å². The largest absolute Gasteiger partial charge is 0.272 e. The number of nitrogens with zero attached hydrogens (tertiary/aromatic N) is 2. The topological polar surface area (TPSA) is 39.7 Å². The van der Waals surface area contributed by atoms with Crippen LogP contribution in [0.4, 0.5) is 0 Å². The molecule has 0 saturated carbocycles. The fourth-order valence-electron chi connectivity index (χ4n) is 3.56. The van der Waals surface area contributed by atoms with Gasteiger partial charge in [0.15, 0.2) is 0 Å². The number of hydrogen-bond acceptors (Lipinski definition) is 4. The van der Waals surface area contributed by atoms with E-state index in [0.717, 1.165) is 0 Å². The minimum absolute atomic E-state index is 0.129. The number of hydrogen-bond donors (Lipinski definition) is 2. The highest BCUT2D eigenvalue weighted by Gasteiger charge is 2.26. The van der Waals surface area contributed by atoms with Crippen molar-refractivity contribution < 1.29 is 0 Å².